The lowest BCUT2D eigenvalue weighted by molar-refractivity contribution is 0.0697. The number of nitrogens with zero attached hydrogens (tertiary/aromatic N) is 3. The minimum absolute atomic E-state index is 0.221. The minimum Gasteiger partial charge on any atom is -0.478 e. The third-order valence-electron chi connectivity index (χ3n) is 6.85. The molecule has 2 N–H and O–H groups in total. The van der Waals surface area contributed by atoms with E-state index in [1.54, 1.807) is 16.8 Å². The first-order valence-corrected chi connectivity index (χ1v) is 12.2. The largest absolute Gasteiger partial charge is 0.478 e. The van der Waals surface area contributed by atoms with Crippen LogP contribution in [0.4, 0.5) is 0 Å². The van der Waals surface area contributed by atoms with Gasteiger partial charge in [0.25, 0.3) is 0 Å². The van der Waals surface area contributed by atoms with Gasteiger partial charge in [0.15, 0.2) is 0 Å². The summed E-state index contributed by atoms with van der Waals surface area (Å²) in [6, 6.07) is 22.1. The molecule has 0 unspecified atom stereocenters. The number of benzene rings is 3. The molecule has 1 fully saturated rings. The second-order valence-electron chi connectivity index (χ2n) is 9.55. The number of hydrogen-bond donors (Lipinski definition) is 2. The van der Waals surface area contributed by atoms with Crippen LogP contribution in [0.3, 0.4) is 0 Å². The lowest BCUT2D eigenvalue weighted by Gasteiger charge is -2.23. The summed E-state index contributed by atoms with van der Waals surface area (Å²) in [7, 11) is 0. The van der Waals surface area contributed by atoms with E-state index in [0.29, 0.717) is 17.5 Å². The molecular formula is C29H30N4O2. The Morgan fingerprint density at radius 2 is 1.63 bits per heavy atom. The van der Waals surface area contributed by atoms with Gasteiger partial charge in [-0.15, -0.1) is 5.10 Å². The van der Waals surface area contributed by atoms with Gasteiger partial charge in [-0.3, -0.25) is 0 Å². The molecule has 1 aromatic heterocycles. The smallest absolute Gasteiger partial charge is 0.335 e. The number of carboxylic acid groups (broad SMARTS) is 1. The summed E-state index contributed by atoms with van der Waals surface area (Å²) in [5, 5.41) is 21.8. The zero-order valence-corrected chi connectivity index (χ0v) is 20.1. The fourth-order valence-electron chi connectivity index (χ4n) is 4.70. The van der Waals surface area contributed by atoms with Crippen molar-refractivity contribution in [2.24, 2.45) is 0 Å². The summed E-state index contributed by atoms with van der Waals surface area (Å²) < 4.78 is 1.64. The van der Waals surface area contributed by atoms with E-state index >= 15 is 0 Å². The van der Waals surface area contributed by atoms with Gasteiger partial charge >= 0.3 is 5.97 Å². The van der Waals surface area contributed by atoms with Crippen LogP contribution in [0, 0.1) is 0 Å². The van der Waals surface area contributed by atoms with Crippen LogP contribution in [0.2, 0.25) is 0 Å². The average Bonchev–Trinajstić information content (AvgIpc) is 3.40. The first kappa shape index (κ1) is 23.0. The minimum atomic E-state index is -0.968. The van der Waals surface area contributed by atoms with Crippen LogP contribution < -0.4 is 5.32 Å². The molecule has 1 saturated heterocycles. The zero-order valence-electron chi connectivity index (χ0n) is 20.1. The van der Waals surface area contributed by atoms with E-state index in [2.05, 4.69) is 65.9 Å². The third kappa shape index (κ3) is 5.03. The quantitative estimate of drug-likeness (QED) is 0.370. The Bertz CT molecular complexity index is 1320. The molecule has 4 aromatic rings. The molecule has 0 saturated carbocycles. The van der Waals surface area contributed by atoms with Crippen molar-refractivity contribution in [1.29, 1.82) is 0 Å². The fraction of sp³-hybridized carbons (Fsp3) is 0.276. The maximum Gasteiger partial charge on any atom is 0.335 e. The van der Waals surface area contributed by atoms with Crippen molar-refractivity contribution < 1.29 is 9.90 Å². The zero-order chi connectivity index (χ0) is 24.4. The van der Waals surface area contributed by atoms with E-state index in [4.69, 9.17) is 0 Å². The average molecular weight is 467 g/mol. The molecule has 1 aliphatic heterocycles. The molecule has 6 heteroatoms. The Morgan fingerprint density at radius 1 is 0.943 bits per heavy atom. The van der Waals surface area contributed by atoms with E-state index < -0.39 is 5.97 Å². The molecule has 5 rings (SSSR count). The molecule has 0 amide bonds. The summed E-state index contributed by atoms with van der Waals surface area (Å²) in [4.78, 5) is 11.9. The lowest BCUT2D eigenvalue weighted by atomic mass is 9.89. The summed E-state index contributed by atoms with van der Waals surface area (Å²) >= 11 is 0. The number of nitrogens with one attached hydrogen (secondary N) is 1. The van der Waals surface area contributed by atoms with Crippen molar-refractivity contribution in [1.82, 2.24) is 20.3 Å². The first-order chi connectivity index (χ1) is 17.0. The highest BCUT2D eigenvalue weighted by molar-refractivity contribution is 5.90. The van der Waals surface area contributed by atoms with Gasteiger partial charge in [-0.1, -0.05) is 67.6 Å². The second kappa shape index (κ2) is 9.84. The van der Waals surface area contributed by atoms with Crippen molar-refractivity contribution in [2.75, 3.05) is 13.1 Å². The molecule has 0 aliphatic carbocycles. The molecule has 178 valence electrons. The number of carboxylic acids is 1. The van der Waals surface area contributed by atoms with E-state index in [9.17, 15) is 9.90 Å². The topological polar surface area (TPSA) is 80.0 Å². The van der Waals surface area contributed by atoms with Gasteiger partial charge in [0, 0.05) is 5.56 Å². The van der Waals surface area contributed by atoms with Crippen molar-refractivity contribution in [3.63, 3.8) is 0 Å². The van der Waals surface area contributed by atoms with Gasteiger partial charge in [-0.25, -0.2) is 9.48 Å². The van der Waals surface area contributed by atoms with Crippen molar-refractivity contribution in [3.8, 4) is 28.1 Å². The standard InChI is InChI=1S/C29H30N4O2/c1-19(2)20-3-9-24(10-4-20)28-18-33(32-31-28)27-16-25(15-26(17-27)29(34)35)22-7-5-21(6-8-22)23-11-13-30-14-12-23/h3-10,15-19,23,30H,11-14H2,1-2H3,(H,34,35). The van der Waals surface area contributed by atoms with Crippen LogP contribution in [0.5, 0.6) is 0 Å². The molecule has 35 heavy (non-hydrogen) atoms. The van der Waals surface area contributed by atoms with Crippen LogP contribution in [0.25, 0.3) is 28.1 Å². The van der Waals surface area contributed by atoms with Gasteiger partial charge in [0.1, 0.15) is 5.69 Å². The van der Waals surface area contributed by atoms with Crippen molar-refractivity contribution in [3.05, 3.63) is 89.6 Å². The summed E-state index contributed by atoms with van der Waals surface area (Å²) in [6.45, 7) is 6.44. The molecular weight excluding hydrogens is 436 g/mol. The molecule has 2 heterocycles. The first-order valence-electron chi connectivity index (χ1n) is 12.2. The predicted molar refractivity (Wildman–Crippen MR) is 138 cm³/mol. The highest BCUT2D eigenvalue weighted by Crippen LogP contribution is 2.30. The normalized spacial score (nSPS) is 14.4. The Hall–Kier alpha value is -3.77. The SMILES string of the molecule is CC(C)c1ccc(-c2cn(-c3cc(C(=O)O)cc(-c4ccc(C5CCNCC5)cc4)c3)nn2)cc1. The number of rotatable bonds is 6. The Labute approximate surface area is 205 Å². The fourth-order valence-corrected chi connectivity index (χ4v) is 4.70. The number of hydrogen-bond acceptors (Lipinski definition) is 4. The van der Waals surface area contributed by atoms with E-state index in [-0.39, 0.29) is 5.56 Å². The molecule has 6 nitrogen and oxygen atoms in total. The molecule has 0 radical (unpaired) electrons. The summed E-state index contributed by atoms with van der Waals surface area (Å²) in [6.07, 6.45) is 4.13. The van der Waals surface area contributed by atoms with Crippen molar-refractivity contribution >= 4 is 5.97 Å². The molecule has 3 aromatic carbocycles. The monoisotopic (exact) mass is 466 g/mol. The van der Waals surface area contributed by atoms with Gasteiger partial charge in [-0.05, 0) is 78.2 Å². The summed E-state index contributed by atoms with van der Waals surface area (Å²) in [5.41, 5.74) is 7.04. The Morgan fingerprint density at radius 3 is 2.29 bits per heavy atom. The molecule has 0 bridgehead atoms. The predicted octanol–water partition coefficient (Wildman–Crippen LogP) is 5.89. The lowest BCUT2D eigenvalue weighted by Crippen LogP contribution is -2.26. The van der Waals surface area contributed by atoms with Crippen LogP contribution in [-0.2, 0) is 0 Å². The van der Waals surface area contributed by atoms with E-state index in [1.807, 2.05) is 24.4 Å². The number of aromatic carboxylic acids is 1. The number of carbonyl (C=O) groups is 1. The van der Waals surface area contributed by atoms with E-state index in [1.165, 1.54) is 11.1 Å². The van der Waals surface area contributed by atoms with E-state index in [0.717, 1.165) is 48.3 Å². The second-order valence-corrected chi connectivity index (χ2v) is 9.55. The highest BCUT2D eigenvalue weighted by Gasteiger charge is 2.16. The maximum absolute atomic E-state index is 11.9. The van der Waals surface area contributed by atoms with Crippen LogP contribution in [0.1, 0.15) is 60.0 Å². The van der Waals surface area contributed by atoms with Gasteiger partial charge in [0.2, 0.25) is 0 Å². The third-order valence-corrected chi connectivity index (χ3v) is 6.85. The summed E-state index contributed by atoms with van der Waals surface area (Å²) in [5.74, 6) is 0.0732. The Balaban J connectivity index is 1.45. The number of aromatic nitrogens is 3. The van der Waals surface area contributed by atoms with Crippen LogP contribution in [-0.4, -0.2) is 39.2 Å². The number of piperidine rings is 1. The van der Waals surface area contributed by atoms with Crippen molar-refractivity contribution in [2.45, 2.75) is 38.5 Å². The Kier molecular flexibility index (Phi) is 6.47. The van der Waals surface area contributed by atoms with Gasteiger partial charge in [0.05, 0.1) is 17.4 Å². The van der Waals surface area contributed by atoms with Gasteiger partial charge < -0.3 is 10.4 Å². The molecule has 0 spiro atoms. The molecule has 1 aliphatic rings. The molecule has 0 atom stereocenters. The van der Waals surface area contributed by atoms with Crippen LogP contribution in [0.15, 0.2) is 72.9 Å². The van der Waals surface area contributed by atoms with Gasteiger partial charge in [-0.2, -0.15) is 0 Å². The highest BCUT2D eigenvalue weighted by atomic mass is 16.4. The maximum atomic E-state index is 11.9. The van der Waals surface area contributed by atoms with Crippen LogP contribution >= 0.6 is 0 Å².